The van der Waals surface area contributed by atoms with Crippen LogP contribution in [0, 0.1) is 6.92 Å². The first kappa shape index (κ1) is 19.7. The van der Waals surface area contributed by atoms with Crippen molar-refractivity contribution in [2.45, 2.75) is 24.5 Å². The molecular formula is C21H21N3O3S. The first-order valence-corrected chi connectivity index (χ1v) is 9.72. The summed E-state index contributed by atoms with van der Waals surface area (Å²) in [6, 6.07) is 16.5. The van der Waals surface area contributed by atoms with E-state index in [-0.39, 0.29) is 11.8 Å². The van der Waals surface area contributed by atoms with Crippen LogP contribution in [0.15, 0.2) is 64.0 Å². The Hall–Kier alpha value is -3.06. The molecule has 0 fully saturated rings. The fourth-order valence-corrected chi connectivity index (χ4v) is 3.49. The van der Waals surface area contributed by atoms with Crippen LogP contribution in [0.2, 0.25) is 0 Å². The molecule has 0 radical (unpaired) electrons. The van der Waals surface area contributed by atoms with Gasteiger partial charge in [0.25, 0.3) is 5.91 Å². The van der Waals surface area contributed by atoms with Gasteiger partial charge in [0.05, 0.1) is 17.0 Å². The summed E-state index contributed by atoms with van der Waals surface area (Å²) in [5.41, 5.74) is 2.86. The largest absolute Gasteiger partial charge is 0.360 e. The highest BCUT2D eigenvalue weighted by atomic mass is 32.2. The van der Waals surface area contributed by atoms with Gasteiger partial charge in [-0.3, -0.25) is 9.59 Å². The first-order chi connectivity index (χ1) is 13.4. The number of aryl methyl sites for hydroxylation is 1. The van der Waals surface area contributed by atoms with Gasteiger partial charge < -0.3 is 14.7 Å². The van der Waals surface area contributed by atoms with E-state index in [1.807, 2.05) is 31.2 Å². The minimum Gasteiger partial charge on any atom is -0.360 e. The Balaban J connectivity index is 1.69. The highest BCUT2D eigenvalue weighted by Gasteiger charge is 2.13. The van der Waals surface area contributed by atoms with Gasteiger partial charge in [0.15, 0.2) is 0 Å². The molecule has 1 aromatic heterocycles. The lowest BCUT2D eigenvalue weighted by molar-refractivity contribution is -0.116. The quantitative estimate of drug-likeness (QED) is 0.622. The number of carbonyl (C=O) groups is 2. The molecule has 0 unspecified atom stereocenters. The van der Waals surface area contributed by atoms with Crippen molar-refractivity contribution < 1.29 is 14.1 Å². The average Bonchev–Trinajstić information content (AvgIpc) is 3.11. The Morgan fingerprint density at radius 3 is 2.50 bits per heavy atom. The zero-order chi connectivity index (χ0) is 20.1. The van der Waals surface area contributed by atoms with E-state index in [0.717, 1.165) is 22.0 Å². The Kier molecular flexibility index (Phi) is 6.16. The summed E-state index contributed by atoms with van der Waals surface area (Å²) in [5, 5.41) is 6.79. The van der Waals surface area contributed by atoms with Crippen LogP contribution in [0.3, 0.4) is 0 Å². The zero-order valence-corrected chi connectivity index (χ0v) is 16.7. The number of nitrogens with one attached hydrogen (secondary N) is 1. The van der Waals surface area contributed by atoms with Gasteiger partial charge in [0.1, 0.15) is 5.76 Å². The van der Waals surface area contributed by atoms with Crippen LogP contribution in [-0.4, -0.2) is 24.0 Å². The SMILES string of the molecule is CC(=O)N(C)c1ccc(NC(=O)c2ccccc2SCc2cc(C)no2)cc1. The maximum absolute atomic E-state index is 12.8. The topological polar surface area (TPSA) is 75.4 Å². The molecule has 3 rings (SSSR count). The third-order valence-corrected chi connectivity index (χ3v) is 5.26. The van der Waals surface area contributed by atoms with E-state index in [1.54, 1.807) is 42.3 Å². The average molecular weight is 395 g/mol. The molecule has 0 aliphatic rings. The van der Waals surface area contributed by atoms with Gasteiger partial charge in [0.2, 0.25) is 5.91 Å². The molecule has 3 aromatic rings. The lowest BCUT2D eigenvalue weighted by Gasteiger charge is -2.15. The van der Waals surface area contributed by atoms with Crippen LogP contribution < -0.4 is 10.2 Å². The predicted octanol–water partition coefficient (Wildman–Crippen LogP) is 4.51. The molecule has 1 N–H and O–H groups in total. The number of benzene rings is 2. The lowest BCUT2D eigenvalue weighted by atomic mass is 10.2. The molecule has 0 aliphatic heterocycles. The number of carbonyl (C=O) groups excluding carboxylic acids is 2. The van der Waals surface area contributed by atoms with Gasteiger partial charge >= 0.3 is 0 Å². The molecule has 2 amide bonds. The predicted molar refractivity (Wildman–Crippen MR) is 111 cm³/mol. The van der Waals surface area contributed by atoms with Crippen LogP contribution in [-0.2, 0) is 10.5 Å². The molecule has 0 saturated heterocycles. The summed E-state index contributed by atoms with van der Waals surface area (Å²) in [4.78, 5) is 26.6. The number of rotatable bonds is 6. The monoisotopic (exact) mass is 395 g/mol. The number of hydrogen-bond donors (Lipinski definition) is 1. The van der Waals surface area contributed by atoms with Crippen LogP contribution in [0.25, 0.3) is 0 Å². The van der Waals surface area contributed by atoms with E-state index in [1.165, 1.54) is 18.7 Å². The standard InChI is InChI=1S/C21H21N3O3S/c1-14-12-18(27-23-14)13-28-20-7-5-4-6-19(20)21(26)22-16-8-10-17(11-9-16)24(3)15(2)25/h4-12H,13H2,1-3H3,(H,22,26). The fourth-order valence-electron chi connectivity index (χ4n) is 2.56. The highest BCUT2D eigenvalue weighted by molar-refractivity contribution is 7.98. The molecule has 1 heterocycles. The molecule has 0 saturated carbocycles. The summed E-state index contributed by atoms with van der Waals surface area (Å²) in [6.45, 7) is 3.38. The number of thioether (sulfide) groups is 1. The molecule has 0 aliphatic carbocycles. The minimum atomic E-state index is -0.190. The summed E-state index contributed by atoms with van der Waals surface area (Å²) < 4.78 is 5.23. The Labute approximate surface area is 167 Å². The molecule has 0 bridgehead atoms. The van der Waals surface area contributed by atoms with Gasteiger partial charge in [-0.1, -0.05) is 17.3 Å². The van der Waals surface area contributed by atoms with Gasteiger partial charge in [-0.2, -0.15) is 0 Å². The second-order valence-electron chi connectivity index (χ2n) is 6.30. The van der Waals surface area contributed by atoms with Gasteiger partial charge in [-0.15, -0.1) is 11.8 Å². The highest BCUT2D eigenvalue weighted by Crippen LogP contribution is 2.27. The number of nitrogens with zero attached hydrogens (tertiary/aromatic N) is 2. The van der Waals surface area contributed by atoms with Crippen molar-refractivity contribution in [1.82, 2.24) is 5.16 Å². The minimum absolute atomic E-state index is 0.0512. The fraction of sp³-hybridized carbons (Fsp3) is 0.190. The second kappa shape index (κ2) is 8.75. The zero-order valence-electron chi connectivity index (χ0n) is 15.9. The number of amides is 2. The Morgan fingerprint density at radius 2 is 1.86 bits per heavy atom. The van der Waals surface area contributed by atoms with Crippen molar-refractivity contribution in [3.63, 3.8) is 0 Å². The molecule has 0 spiro atoms. The Bertz CT molecular complexity index is 983. The molecule has 2 aromatic carbocycles. The van der Waals surface area contributed by atoms with Crippen molar-refractivity contribution in [1.29, 1.82) is 0 Å². The molecule has 144 valence electrons. The van der Waals surface area contributed by atoms with E-state index in [9.17, 15) is 9.59 Å². The van der Waals surface area contributed by atoms with Gasteiger partial charge in [-0.25, -0.2) is 0 Å². The van der Waals surface area contributed by atoms with Crippen molar-refractivity contribution in [2.75, 3.05) is 17.3 Å². The van der Waals surface area contributed by atoms with Crippen LogP contribution in [0.5, 0.6) is 0 Å². The molecular weight excluding hydrogens is 374 g/mol. The summed E-state index contributed by atoms with van der Waals surface area (Å²) in [7, 11) is 1.71. The van der Waals surface area contributed by atoms with Crippen molar-refractivity contribution in [3.8, 4) is 0 Å². The maximum atomic E-state index is 12.8. The smallest absolute Gasteiger partial charge is 0.256 e. The molecule has 0 atom stereocenters. The summed E-state index contributed by atoms with van der Waals surface area (Å²) in [6.07, 6.45) is 0. The van der Waals surface area contributed by atoms with E-state index >= 15 is 0 Å². The lowest BCUT2D eigenvalue weighted by Crippen LogP contribution is -2.22. The van der Waals surface area contributed by atoms with Crippen LogP contribution in [0.4, 0.5) is 11.4 Å². The number of aromatic nitrogens is 1. The number of anilines is 2. The normalized spacial score (nSPS) is 10.5. The maximum Gasteiger partial charge on any atom is 0.256 e. The number of hydrogen-bond acceptors (Lipinski definition) is 5. The van der Waals surface area contributed by atoms with Crippen LogP contribution in [0.1, 0.15) is 28.7 Å². The van der Waals surface area contributed by atoms with Gasteiger partial charge in [0, 0.05) is 36.3 Å². The summed E-state index contributed by atoms with van der Waals surface area (Å²) in [5.74, 6) is 1.12. The molecule has 6 nitrogen and oxygen atoms in total. The van der Waals surface area contributed by atoms with E-state index in [0.29, 0.717) is 17.0 Å². The van der Waals surface area contributed by atoms with Crippen molar-refractivity contribution in [3.05, 3.63) is 71.6 Å². The molecule has 7 heteroatoms. The van der Waals surface area contributed by atoms with E-state index in [2.05, 4.69) is 10.5 Å². The van der Waals surface area contributed by atoms with E-state index < -0.39 is 0 Å². The summed E-state index contributed by atoms with van der Waals surface area (Å²) >= 11 is 1.52. The first-order valence-electron chi connectivity index (χ1n) is 8.74. The van der Waals surface area contributed by atoms with Crippen molar-refractivity contribution in [2.24, 2.45) is 0 Å². The Morgan fingerprint density at radius 1 is 1.14 bits per heavy atom. The third-order valence-electron chi connectivity index (χ3n) is 4.16. The second-order valence-corrected chi connectivity index (χ2v) is 7.32. The van der Waals surface area contributed by atoms with Crippen molar-refractivity contribution >= 4 is 35.0 Å². The third kappa shape index (κ3) is 4.80. The van der Waals surface area contributed by atoms with Gasteiger partial charge in [-0.05, 0) is 43.3 Å². The molecule has 28 heavy (non-hydrogen) atoms. The van der Waals surface area contributed by atoms with Crippen LogP contribution >= 0.6 is 11.8 Å². The van der Waals surface area contributed by atoms with E-state index in [4.69, 9.17) is 4.52 Å².